The molecule has 4 nitrogen and oxygen atoms in total. The summed E-state index contributed by atoms with van der Waals surface area (Å²) >= 11 is 0. The van der Waals surface area contributed by atoms with Gasteiger partial charge in [-0.1, -0.05) is 19.1 Å². The van der Waals surface area contributed by atoms with Crippen molar-refractivity contribution in [2.45, 2.75) is 33.1 Å². The number of benzene rings is 1. The van der Waals surface area contributed by atoms with Crippen LogP contribution in [0.15, 0.2) is 24.3 Å². The van der Waals surface area contributed by atoms with Crippen LogP contribution in [0.1, 0.15) is 31.7 Å². The number of likely N-dealkylation sites (tertiary alicyclic amines) is 1. The van der Waals surface area contributed by atoms with Crippen LogP contribution in [0, 0.1) is 18.8 Å². The van der Waals surface area contributed by atoms with Crippen LogP contribution < -0.4 is 4.90 Å². The molecule has 118 valence electrons. The molecule has 0 saturated carbocycles. The number of carbonyl (C=O) groups is 2. The van der Waals surface area contributed by atoms with Crippen LogP contribution in [0.3, 0.4) is 0 Å². The zero-order chi connectivity index (χ0) is 15.7. The van der Waals surface area contributed by atoms with E-state index < -0.39 is 0 Å². The molecule has 2 heterocycles. The minimum Gasteiger partial charge on any atom is -0.342 e. The quantitative estimate of drug-likeness (QED) is 0.842. The second-order valence-corrected chi connectivity index (χ2v) is 6.78. The number of hydrogen-bond donors (Lipinski definition) is 0. The van der Waals surface area contributed by atoms with E-state index >= 15 is 0 Å². The van der Waals surface area contributed by atoms with Gasteiger partial charge in [0.15, 0.2) is 0 Å². The maximum absolute atomic E-state index is 12.7. The SMILES string of the molecule is Cc1cccc(N2C[C@H](C(=O)N3CCC[C@H](C)C3)CC2=O)c1. The Hall–Kier alpha value is -1.84. The number of aryl methyl sites for hydroxylation is 1. The van der Waals surface area contributed by atoms with Crippen LogP contribution in [0.4, 0.5) is 5.69 Å². The van der Waals surface area contributed by atoms with Gasteiger partial charge >= 0.3 is 0 Å². The largest absolute Gasteiger partial charge is 0.342 e. The highest BCUT2D eigenvalue weighted by Gasteiger charge is 2.37. The number of nitrogens with zero attached hydrogens (tertiary/aromatic N) is 2. The molecule has 0 aliphatic carbocycles. The molecule has 2 saturated heterocycles. The van der Waals surface area contributed by atoms with Crippen molar-refractivity contribution in [2.24, 2.45) is 11.8 Å². The molecule has 3 rings (SSSR count). The molecule has 0 spiro atoms. The Bertz CT molecular complexity index is 584. The minimum absolute atomic E-state index is 0.0639. The van der Waals surface area contributed by atoms with Crippen molar-refractivity contribution in [1.29, 1.82) is 0 Å². The first-order valence-electron chi connectivity index (χ1n) is 8.20. The Morgan fingerprint density at radius 3 is 2.82 bits per heavy atom. The summed E-state index contributed by atoms with van der Waals surface area (Å²) in [6, 6.07) is 7.93. The van der Waals surface area contributed by atoms with Gasteiger partial charge in [-0.25, -0.2) is 0 Å². The summed E-state index contributed by atoms with van der Waals surface area (Å²) in [7, 11) is 0. The van der Waals surface area contributed by atoms with Gasteiger partial charge in [-0.2, -0.15) is 0 Å². The standard InChI is InChI=1S/C18H24N2O2/c1-13-5-3-7-16(9-13)20-12-15(10-17(20)21)18(22)19-8-4-6-14(2)11-19/h3,5,7,9,14-15H,4,6,8,10-12H2,1-2H3/t14-,15+/m0/s1. The fraction of sp³-hybridized carbons (Fsp3) is 0.556. The maximum Gasteiger partial charge on any atom is 0.228 e. The molecule has 0 N–H and O–H groups in total. The van der Waals surface area contributed by atoms with Crippen molar-refractivity contribution in [2.75, 3.05) is 24.5 Å². The van der Waals surface area contributed by atoms with E-state index in [-0.39, 0.29) is 17.7 Å². The van der Waals surface area contributed by atoms with E-state index in [0.29, 0.717) is 18.9 Å². The monoisotopic (exact) mass is 300 g/mol. The zero-order valence-electron chi connectivity index (χ0n) is 13.4. The van der Waals surface area contributed by atoms with Gasteiger partial charge in [-0.05, 0) is 43.4 Å². The number of piperidine rings is 1. The fourth-order valence-electron chi connectivity index (χ4n) is 3.57. The zero-order valence-corrected chi connectivity index (χ0v) is 13.4. The van der Waals surface area contributed by atoms with Gasteiger partial charge in [0.25, 0.3) is 0 Å². The van der Waals surface area contributed by atoms with Crippen LogP contribution in [0.25, 0.3) is 0 Å². The predicted molar refractivity (Wildman–Crippen MR) is 86.6 cm³/mol. The highest BCUT2D eigenvalue weighted by molar-refractivity contribution is 6.00. The lowest BCUT2D eigenvalue weighted by Crippen LogP contribution is -2.43. The van der Waals surface area contributed by atoms with Crippen LogP contribution in [-0.4, -0.2) is 36.3 Å². The molecule has 0 radical (unpaired) electrons. The van der Waals surface area contributed by atoms with E-state index in [1.165, 1.54) is 6.42 Å². The Morgan fingerprint density at radius 1 is 1.27 bits per heavy atom. The molecule has 2 fully saturated rings. The van der Waals surface area contributed by atoms with Gasteiger partial charge in [0.2, 0.25) is 11.8 Å². The van der Waals surface area contributed by atoms with Crippen molar-refractivity contribution in [3.8, 4) is 0 Å². The normalized spacial score (nSPS) is 25.6. The first kappa shape index (κ1) is 15.1. The van der Waals surface area contributed by atoms with Crippen molar-refractivity contribution in [3.63, 3.8) is 0 Å². The third kappa shape index (κ3) is 3.01. The highest BCUT2D eigenvalue weighted by atomic mass is 16.2. The first-order chi connectivity index (χ1) is 10.5. The van der Waals surface area contributed by atoms with Crippen molar-refractivity contribution in [1.82, 2.24) is 4.90 Å². The summed E-state index contributed by atoms with van der Waals surface area (Å²) < 4.78 is 0. The number of rotatable bonds is 2. The number of amides is 2. The Morgan fingerprint density at radius 2 is 2.09 bits per heavy atom. The van der Waals surface area contributed by atoms with Crippen molar-refractivity contribution >= 4 is 17.5 Å². The summed E-state index contributed by atoms with van der Waals surface area (Å²) in [5, 5.41) is 0. The van der Waals surface area contributed by atoms with Gasteiger partial charge in [-0.15, -0.1) is 0 Å². The summed E-state index contributed by atoms with van der Waals surface area (Å²) in [6.45, 7) is 6.42. The average Bonchev–Trinajstić information content (AvgIpc) is 2.88. The number of anilines is 1. The average molecular weight is 300 g/mol. The topological polar surface area (TPSA) is 40.6 Å². The summed E-state index contributed by atoms with van der Waals surface area (Å²) in [5.74, 6) is 0.616. The van der Waals surface area contributed by atoms with Gasteiger partial charge < -0.3 is 9.80 Å². The lowest BCUT2D eigenvalue weighted by molar-refractivity contribution is -0.137. The molecule has 2 amide bonds. The van der Waals surface area contributed by atoms with E-state index in [2.05, 4.69) is 6.92 Å². The van der Waals surface area contributed by atoms with Crippen molar-refractivity contribution in [3.05, 3.63) is 29.8 Å². The fourth-order valence-corrected chi connectivity index (χ4v) is 3.57. The molecule has 22 heavy (non-hydrogen) atoms. The Labute approximate surface area is 132 Å². The van der Waals surface area contributed by atoms with Gasteiger partial charge in [0.05, 0.1) is 5.92 Å². The number of carbonyl (C=O) groups excluding carboxylic acids is 2. The lowest BCUT2D eigenvalue weighted by atomic mass is 9.98. The van der Waals surface area contributed by atoms with Crippen LogP contribution in [0.5, 0.6) is 0 Å². The Balaban J connectivity index is 1.70. The molecule has 2 aliphatic rings. The number of hydrogen-bond acceptors (Lipinski definition) is 2. The molecular formula is C18H24N2O2. The molecule has 1 aromatic rings. The van der Waals surface area contributed by atoms with E-state index in [1.54, 1.807) is 4.90 Å². The third-order valence-electron chi connectivity index (χ3n) is 4.76. The predicted octanol–water partition coefficient (Wildman–Crippen LogP) is 2.61. The molecule has 2 atom stereocenters. The summed E-state index contributed by atoms with van der Waals surface area (Å²) in [6.07, 6.45) is 2.62. The smallest absolute Gasteiger partial charge is 0.228 e. The second-order valence-electron chi connectivity index (χ2n) is 6.78. The molecule has 0 bridgehead atoms. The van der Waals surface area contributed by atoms with Crippen LogP contribution in [0.2, 0.25) is 0 Å². The first-order valence-corrected chi connectivity index (χ1v) is 8.20. The molecule has 0 unspecified atom stereocenters. The molecule has 1 aromatic carbocycles. The summed E-state index contributed by atoms with van der Waals surface area (Å²) in [5.41, 5.74) is 2.04. The third-order valence-corrected chi connectivity index (χ3v) is 4.76. The Kier molecular flexibility index (Phi) is 4.19. The van der Waals surface area contributed by atoms with Crippen molar-refractivity contribution < 1.29 is 9.59 Å². The molecule has 0 aromatic heterocycles. The van der Waals surface area contributed by atoms with Crippen LogP contribution in [-0.2, 0) is 9.59 Å². The molecule has 2 aliphatic heterocycles. The van der Waals surface area contributed by atoms with E-state index in [4.69, 9.17) is 0 Å². The molecule has 4 heteroatoms. The maximum atomic E-state index is 12.7. The molecular weight excluding hydrogens is 276 g/mol. The van der Waals surface area contributed by atoms with Gasteiger partial charge in [0.1, 0.15) is 0 Å². The second kappa shape index (κ2) is 6.11. The lowest BCUT2D eigenvalue weighted by Gasteiger charge is -2.32. The van der Waals surface area contributed by atoms with E-state index in [9.17, 15) is 9.59 Å². The minimum atomic E-state index is -0.182. The van der Waals surface area contributed by atoms with E-state index in [1.807, 2.05) is 36.1 Å². The summed E-state index contributed by atoms with van der Waals surface area (Å²) in [4.78, 5) is 28.7. The van der Waals surface area contributed by atoms with Gasteiger partial charge in [0, 0.05) is 31.7 Å². The van der Waals surface area contributed by atoms with E-state index in [0.717, 1.165) is 30.8 Å². The van der Waals surface area contributed by atoms with Crippen LogP contribution >= 0.6 is 0 Å². The highest BCUT2D eigenvalue weighted by Crippen LogP contribution is 2.28. The van der Waals surface area contributed by atoms with Gasteiger partial charge in [-0.3, -0.25) is 9.59 Å².